The van der Waals surface area contributed by atoms with E-state index in [0.29, 0.717) is 5.56 Å². The number of nitrogens with zero attached hydrogens (tertiary/aromatic N) is 2. The average Bonchev–Trinajstić information content (AvgIpc) is 2.02. The molecule has 0 spiro atoms. The maximum absolute atomic E-state index is 10.8. The van der Waals surface area contributed by atoms with Crippen LogP contribution in [0.15, 0.2) is 17.0 Å². The number of hydrogen-bond acceptors (Lipinski definition) is 3. The molecule has 8 heteroatoms. The molecule has 0 saturated carbocycles. The van der Waals surface area contributed by atoms with Gasteiger partial charge in [0.1, 0.15) is 4.90 Å². The molecule has 82 valence electrons. The molecule has 1 aromatic rings. The third kappa shape index (κ3) is 3.04. The van der Waals surface area contributed by atoms with Gasteiger partial charge < -0.3 is 12.4 Å². The van der Waals surface area contributed by atoms with Crippen molar-refractivity contribution in [1.82, 2.24) is 0 Å². The van der Waals surface area contributed by atoms with Gasteiger partial charge in [0, 0.05) is 5.56 Å². The van der Waals surface area contributed by atoms with Gasteiger partial charge in [-0.2, -0.15) is 8.42 Å². The molecular formula is C7H6Cl2N2O3S. The number of aryl methyl sites for hydroxylation is 1. The minimum absolute atomic E-state index is 0. The fraction of sp³-hybridized carbons (Fsp3) is 0.143. The van der Waals surface area contributed by atoms with Gasteiger partial charge in [0.25, 0.3) is 10.1 Å². The van der Waals surface area contributed by atoms with Crippen molar-refractivity contribution in [2.75, 3.05) is 0 Å². The van der Waals surface area contributed by atoms with Gasteiger partial charge in [0.15, 0.2) is 4.98 Å². The summed E-state index contributed by atoms with van der Waals surface area (Å²) in [7, 11) is -4.39. The molecular weight excluding hydrogens is 263 g/mol. The molecule has 0 aromatic heterocycles. The zero-order chi connectivity index (χ0) is 10.9. The summed E-state index contributed by atoms with van der Waals surface area (Å²) < 4.78 is 30.3. The van der Waals surface area contributed by atoms with E-state index in [0.717, 1.165) is 6.07 Å². The minimum Gasteiger partial charge on any atom is -1.00 e. The van der Waals surface area contributed by atoms with Crippen molar-refractivity contribution in [2.24, 2.45) is 0 Å². The first-order valence-electron chi connectivity index (χ1n) is 3.49. The largest absolute Gasteiger partial charge is 1.00 e. The quantitative estimate of drug-likeness (QED) is 0.544. The standard InChI is InChI=1S/C7H5ClN2O3S.ClH/c1-4-2-5(8)7(14(11,12)13)3-6(4)10-9;/h2-3H,1H3;1H. The first-order chi connectivity index (χ1) is 6.36. The van der Waals surface area contributed by atoms with Crippen molar-refractivity contribution < 1.29 is 25.4 Å². The van der Waals surface area contributed by atoms with Crippen molar-refractivity contribution in [2.45, 2.75) is 11.8 Å². The van der Waals surface area contributed by atoms with Crippen molar-refractivity contribution >= 4 is 27.4 Å². The van der Waals surface area contributed by atoms with E-state index in [9.17, 15) is 8.42 Å². The number of halogens is 2. The summed E-state index contributed by atoms with van der Waals surface area (Å²) in [4.78, 5) is 2.38. The van der Waals surface area contributed by atoms with Crippen molar-refractivity contribution in [3.8, 4) is 0 Å². The van der Waals surface area contributed by atoms with Crippen LogP contribution in [0.1, 0.15) is 5.56 Å². The second-order valence-corrected chi connectivity index (χ2v) is 4.44. The Bertz CT molecular complexity index is 522. The SMILES string of the molecule is Cc1cc(Cl)c(S(=O)(=O)O)cc1[N+]#N.[Cl-]. The summed E-state index contributed by atoms with van der Waals surface area (Å²) in [5.74, 6) is 0. The molecule has 0 atom stereocenters. The minimum atomic E-state index is -4.39. The summed E-state index contributed by atoms with van der Waals surface area (Å²) >= 11 is 5.58. The van der Waals surface area contributed by atoms with E-state index in [1.807, 2.05) is 0 Å². The number of hydrogen-bond donors (Lipinski definition) is 1. The van der Waals surface area contributed by atoms with E-state index >= 15 is 0 Å². The predicted octanol–water partition coefficient (Wildman–Crippen LogP) is -0.616. The molecule has 0 bridgehead atoms. The van der Waals surface area contributed by atoms with Crippen LogP contribution in [0.4, 0.5) is 5.69 Å². The zero-order valence-electron chi connectivity index (χ0n) is 7.48. The zero-order valence-corrected chi connectivity index (χ0v) is 9.81. The smallest absolute Gasteiger partial charge is 0.389 e. The van der Waals surface area contributed by atoms with Gasteiger partial charge in [0.05, 0.1) is 11.1 Å². The maximum atomic E-state index is 10.8. The van der Waals surface area contributed by atoms with Gasteiger partial charge in [-0.1, -0.05) is 11.6 Å². The van der Waals surface area contributed by atoms with Crippen LogP contribution >= 0.6 is 11.6 Å². The number of rotatable bonds is 1. The van der Waals surface area contributed by atoms with Gasteiger partial charge >= 0.3 is 5.69 Å². The summed E-state index contributed by atoms with van der Waals surface area (Å²) in [6.45, 7) is 1.59. The van der Waals surface area contributed by atoms with Crippen LogP contribution in [0.2, 0.25) is 5.02 Å². The second kappa shape index (κ2) is 4.77. The first kappa shape index (κ1) is 14.1. The lowest BCUT2D eigenvalue weighted by Crippen LogP contribution is -3.00. The molecule has 5 nitrogen and oxygen atoms in total. The Labute approximate surface area is 97.8 Å². The first-order valence-corrected chi connectivity index (χ1v) is 5.31. The topological polar surface area (TPSA) is 82.5 Å². The van der Waals surface area contributed by atoms with E-state index in [1.165, 1.54) is 6.07 Å². The van der Waals surface area contributed by atoms with Crippen LogP contribution in [0, 0.1) is 12.3 Å². The van der Waals surface area contributed by atoms with Crippen molar-refractivity contribution in [3.63, 3.8) is 0 Å². The van der Waals surface area contributed by atoms with Crippen LogP contribution in [0.3, 0.4) is 0 Å². The predicted molar refractivity (Wildman–Crippen MR) is 50.7 cm³/mol. The lowest BCUT2D eigenvalue weighted by atomic mass is 10.2. The molecule has 15 heavy (non-hydrogen) atoms. The molecule has 0 aliphatic rings. The van der Waals surface area contributed by atoms with Crippen molar-refractivity contribution in [3.05, 3.63) is 27.7 Å². The van der Waals surface area contributed by atoms with Gasteiger partial charge in [0.2, 0.25) is 5.39 Å². The van der Waals surface area contributed by atoms with E-state index in [2.05, 4.69) is 4.98 Å². The van der Waals surface area contributed by atoms with Gasteiger partial charge in [-0.25, -0.2) is 0 Å². The van der Waals surface area contributed by atoms with E-state index in [-0.39, 0.29) is 23.1 Å². The van der Waals surface area contributed by atoms with E-state index in [4.69, 9.17) is 21.5 Å². The molecule has 0 saturated heterocycles. The van der Waals surface area contributed by atoms with Crippen LogP contribution in [0.5, 0.6) is 0 Å². The Morgan fingerprint density at radius 1 is 1.47 bits per heavy atom. The molecule has 0 fully saturated rings. The molecule has 1 aromatic carbocycles. The van der Waals surface area contributed by atoms with Crippen LogP contribution < -0.4 is 12.4 Å². The lowest BCUT2D eigenvalue weighted by Gasteiger charge is -1.98. The summed E-state index contributed by atoms with van der Waals surface area (Å²) in [5, 5.41) is 8.39. The molecule has 0 aliphatic carbocycles. The number of diazo groups is 1. The van der Waals surface area contributed by atoms with Gasteiger partial charge in [-0.05, 0) is 13.0 Å². The van der Waals surface area contributed by atoms with Crippen LogP contribution in [0.25, 0.3) is 4.98 Å². The van der Waals surface area contributed by atoms with Crippen molar-refractivity contribution in [1.29, 1.82) is 5.39 Å². The molecule has 0 aliphatic heterocycles. The Morgan fingerprint density at radius 3 is 2.40 bits per heavy atom. The van der Waals surface area contributed by atoms with Gasteiger partial charge in [-0.15, -0.1) is 0 Å². The molecule has 0 radical (unpaired) electrons. The normalized spacial score (nSPS) is 10.3. The fourth-order valence-electron chi connectivity index (χ4n) is 0.948. The molecule has 0 amide bonds. The monoisotopic (exact) mass is 268 g/mol. The third-order valence-electron chi connectivity index (χ3n) is 1.64. The second-order valence-electron chi connectivity index (χ2n) is 2.64. The summed E-state index contributed by atoms with van der Waals surface area (Å²) in [6, 6.07) is 2.28. The van der Waals surface area contributed by atoms with Crippen LogP contribution in [-0.4, -0.2) is 13.0 Å². The molecule has 1 N–H and O–H groups in total. The van der Waals surface area contributed by atoms with Crippen LogP contribution in [-0.2, 0) is 10.1 Å². The molecule has 0 heterocycles. The third-order valence-corrected chi connectivity index (χ3v) is 2.95. The number of benzene rings is 1. The molecule has 1 rings (SSSR count). The highest BCUT2D eigenvalue weighted by Gasteiger charge is 2.21. The fourth-order valence-corrected chi connectivity index (χ4v) is 2.02. The lowest BCUT2D eigenvalue weighted by molar-refractivity contribution is -0.00000723. The molecule has 0 unspecified atom stereocenters. The average molecular weight is 269 g/mol. The Kier molecular flexibility index (Phi) is 4.49. The maximum Gasteiger partial charge on any atom is 0.389 e. The van der Waals surface area contributed by atoms with E-state index in [1.54, 1.807) is 6.92 Å². The highest BCUT2D eigenvalue weighted by Crippen LogP contribution is 2.29. The van der Waals surface area contributed by atoms with Gasteiger partial charge in [-0.3, -0.25) is 4.55 Å². The summed E-state index contributed by atoms with van der Waals surface area (Å²) in [5.41, 5.74) is 0.548. The highest BCUT2D eigenvalue weighted by molar-refractivity contribution is 7.86. The Morgan fingerprint density at radius 2 is 2.00 bits per heavy atom. The highest BCUT2D eigenvalue weighted by atomic mass is 35.5. The van der Waals surface area contributed by atoms with E-state index < -0.39 is 15.0 Å². The summed E-state index contributed by atoms with van der Waals surface area (Å²) in [6.07, 6.45) is 0. The Hall–Kier alpha value is -0.870. The Balaban J connectivity index is 0.00000196.